The number of nitrogens with two attached hydrogens (primary N) is 1. The third kappa shape index (κ3) is 2.01. The molecule has 3 heterocycles. The minimum absolute atomic E-state index is 0.187. The number of hydrogen-bond acceptors (Lipinski definition) is 5. The van der Waals surface area contributed by atoms with Crippen molar-refractivity contribution in [2.24, 2.45) is 5.73 Å². The first-order valence-electron chi connectivity index (χ1n) is 6.32. The lowest BCUT2D eigenvalue weighted by molar-refractivity contribution is 0.387. The Bertz CT molecular complexity index is 812. The summed E-state index contributed by atoms with van der Waals surface area (Å²) >= 11 is 0. The largest absolute Gasteiger partial charge is 0.361 e. The van der Waals surface area contributed by atoms with Crippen LogP contribution in [-0.2, 0) is 6.54 Å². The Balaban J connectivity index is 2.18. The number of fused-ring (bicyclic) bond motifs is 1. The lowest BCUT2D eigenvalue weighted by atomic mass is 10.3. The number of aromatic nitrogens is 4. The summed E-state index contributed by atoms with van der Waals surface area (Å²) in [7, 11) is 0. The van der Waals surface area contributed by atoms with Crippen LogP contribution in [0.15, 0.2) is 33.7 Å². The molecule has 3 rings (SSSR count). The first-order chi connectivity index (χ1) is 9.56. The molecule has 0 bridgehead atoms. The van der Waals surface area contributed by atoms with Gasteiger partial charge in [-0.15, -0.1) is 0 Å². The standard InChI is InChI=1S/C13H15N5O2/c1-8-6-10(16-20-8)7-18-12(9(2)14)15-11-4-3-5-17(11)13(18)19/h3-6,9H,7,14H2,1-2H3/t9-/m0/s1. The minimum Gasteiger partial charge on any atom is -0.361 e. The topological polar surface area (TPSA) is 91.3 Å². The molecule has 0 saturated carbocycles. The summed E-state index contributed by atoms with van der Waals surface area (Å²) < 4.78 is 8.03. The molecule has 0 spiro atoms. The Labute approximate surface area is 114 Å². The van der Waals surface area contributed by atoms with E-state index in [4.69, 9.17) is 10.3 Å². The summed E-state index contributed by atoms with van der Waals surface area (Å²) in [4.78, 5) is 16.9. The SMILES string of the molecule is Cc1cc(Cn2c([C@H](C)N)nc3cccn3c2=O)no1. The van der Waals surface area contributed by atoms with Crippen LogP contribution < -0.4 is 11.4 Å². The van der Waals surface area contributed by atoms with Gasteiger partial charge < -0.3 is 10.3 Å². The molecule has 3 aromatic rings. The van der Waals surface area contributed by atoms with Crippen LogP contribution in [-0.4, -0.2) is 19.1 Å². The minimum atomic E-state index is -0.351. The molecular weight excluding hydrogens is 258 g/mol. The second-order valence-corrected chi connectivity index (χ2v) is 4.79. The molecule has 0 aliphatic rings. The molecule has 0 aliphatic carbocycles. The highest BCUT2D eigenvalue weighted by atomic mass is 16.5. The van der Waals surface area contributed by atoms with Crippen molar-refractivity contribution in [3.05, 3.63) is 52.2 Å². The van der Waals surface area contributed by atoms with Gasteiger partial charge in [0.05, 0.1) is 12.6 Å². The van der Waals surface area contributed by atoms with E-state index < -0.39 is 0 Å². The van der Waals surface area contributed by atoms with Gasteiger partial charge in [-0.25, -0.2) is 9.78 Å². The van der Waals surface area contributed by atoms with E-state index >= 15 is 0 Å². The summed E-state index contributed by atoms with van der Waals surface area (Å²) in [6.45, 7) is 3.89. The van der Waals surface area contributed by atoms with E-state index in [9.17, 15) is 4.79 Å². The van der Waals surface area contributed by atoms with Crippen LogP contribution in [0.25, 0.3) is 5.65 Å². The molecule has 7 nitrogen and oxygen atoms in total. The molecule has 0 aliphatic heterocycles. The Kier molecular flexibility index (Phi) is 2.90. The van der Waals surface area contributed by atoms with Gasteiger partial charge >= 0.3 is 5.69 Å². The van der Waals surface area contributed by atoms with Gasteiger partial charge in [0.1, 0.15) is 22.9 Å². The fourth-order valence-electron chi connectivity index (χ4n) is 2.18. The maximum Gasteiger partial charge on any atom is 0.335 e. The summed E-state index contributed by atoms with van der Waals surface area (Å²) in [6, 6.07) is 4.99. The van der Waals surface area contributed by atoms with Crippen LogP contribution in [0.1, 0.15) is 30.2 Å². The second-order valence-electron chi connectivity index (χ2n) is 4.79. The zero-order valence-electron chi connectivity index (χ0n) is 11.3. The molecule has 0 fully saturated rings. The Morgan fingerprint density at radius 2 is 2.30 bits per heavy atom. The van der Waals surface area contributed by atoms with Crippen molar-refractivity contribution in [2.45, 2.75) is 26.4 Å². The molecule has 0 unspecified atom stereocenters. The molecule has 7 heteroatoms. The second kappa shape index (κ2) is 4.61. The highest BCUT2D eigenvalue weighted by molar-refractivity contribution is 5.38. The predicted octanol–water partition coefficient (Wildman–Crippen LogP) is 0.860. The normalized spacial score (nSPS) is 12.9. The first kappa shape index (κ1) is 12.6. The Morgan fingerprint density at radius 3 is 2.95 bits per heavy atom. The third-order valence-corrected chi connectivity index (χ3v) is 3.07. The third-order valence-electron chi connectivity index (χ3n) is 3.07. The average Bonchev–Trinajstić information content (AvgIpc) is 3.01. The van der Waals surface area contributed by atoms with Crippen LogP contribution >= 0.6 is 0 Å². The van der Waals surface area contributed by atoms with Gasteiger partial charge in [-0.05, 0) is 26.0 Å². The summed E-state index contributed by atoms with van der Waals surface area (Å²) in [5, 5.41) is 3.91. The Hall–Kier alpha value is -2.41. The maximum atomic E-state index is 12.5. The van der Waals surface area contributed by atoms with Gasteiger partial charge in [0.2, 0.25) is 0 Å². The summed E-state index contributed by atoms with van der Waals surface area (Å²) in [6.07, 6.45) is 1.68. The number of hydrogen-bond donors (Lipinski definition) is 1. The van der Waals surface area contributed by atoms with Crippen molar-refractivity contribution in [1.29, 1.82) is 0 Å². The first-order valence-corrected chi connectivity index (χ1v) is 6.32. The van der Waals surface area contributed by atoms with Crippen molar-refractivity contribution in [3.63, 3.8) is 0 Å². The highest BCUT2D eigenvalue weighted by Gasteiger charge is 2.15. The van der Waals surface area contributed by atoms with Crippen LogP contribution in [0.3, 0.4) is 0 Å². The summed E-state index contributed by atoms with van der Waals surface area (Å²) in [5.74, 6) is 1.23. The zero-order valence-corrected chi connectivity index (χ0v) is 11.3. The molecule has 20 heavy (non-hydrogen) atoms. The summed E-state index contributed by atoms with van der Waals surface area (Å²) in [5.41, 5.74) is 7.00. The van der Waals surface area contributed by atoms with Crippen molar-refractivity contribution in [2.75, 3.05) is 0 Å². The zero-order chi connectivity index (χ0) is 14.3. The van der Waals surface area contributed by atoms with E-state index in [1.807, 2.05) is 0 Å². The highest BCUT2D eigenvalue weighted by Crippen LogP contribution is 2.10. The number of aryl methyl sites for hydroxylation is 1. The van der Waals surface area contributed by atoms with Gasteiger partial charge in [-0.3, -0.25) is 8.97 Å². The van der Waals surface area contributed by atoms with Gasteiger partial charge in [-0.2, -0.15) is 0 Å². The van der Waals surface area contributed by atoms with Gasteiger partial charge in [0.15, 0.2) is 0 Å². The fraction of sp³-hybridized carbons (Fsp3) is 0.308. The Morgan fingerprint density at radius 1 is 1.50 bits per heavy atom. The van der Waals surface area contributed by atoms with Crippen molar-refractivity contribution in [3.8, 4) is 0 Å². The van der Waals surface area contributed by atoms with Crippen molar-refractivity contribution >= 4 is 5.65 Å². The smallest absolute Gasteiger partial charge is 0.335 e. The number of rotatable bonds is 3. The molecule has 104 valence electrons. The van der Waals surface area contributed by atoms with Gasteiger partial charge in [0, 0.05) is 12.3 Å². The van der Waals surface area contributed by atoms with Crippen molar-refractivity contribution < 1.29 is 4.52 Å². The lowest BCUT2D eigenvalue weighted by Crippen LogP contribution is -2.33. The molecule has 0 amide bonds. The van der Waals surface area contributed by atoms with E-state index in [0.29, 0.717) is 22.9 Å². The molecule has 2 N–H and O–H groups in total. The maximum absolute atomic E-state index is 12.5. The van der Waals surface area contributed by atoms with E-state index in [0.717, 1.165) is 0 Å². The van der Waals surface area contributed by atoms with Crippen LogP contribution in [0.2, 0.25) is 0 Å². The van der Waals surface area contributed by atoms with E-state index in [1.165, 1.54) is 8.97 Å². The van der Waals surface area contributed by atoms with E-state index in [1.54, 1.807) is 38.2 Å². The average molecular weight is 273 g/mol. The van der Waals surface area contributed by atoms with E-state index in [-0.39, 0.29) is 18.3 Å². The fourth-order valence-corrected chi connectivity index (χ4v) is 2.18. The van der Waals surface area contributed by atoms with E-state index in [2.05, 4.69) is 10.1 Å². The van der Waals surface area contributed by atoms with Crippen LogP contribution in [0, 0.1) is 6.92 Å². The van der Waals surface area contributed by atoms with Gasteiger partial charge in [0.25, 0.3) is 0 Å². The van der Waals surface area contributed by atoms with Crippen LogP contribution in [0.4, 0.5) is 0 Å². The number of nitrogens with zero attached hydrogens (tertiary/aromatic N) is 4. The van der Waals surface area contributed by atoms with Crippen LogP contribution in [0.5, 0.6) is 0 Å². The quantitative estimate of drug-likeness (QED) is 0.764. The molecular formula is C13H15N5O2. The van der Waals surface area contributed by atoms with Gasteiger partial charge in [-0.1, -0.05) is 5.16 Å². The monoisotopic (exact) mass is 273 g/mol. The molecule has 0 saturated heterocycles. The molecule has 1 atom stereocenters. The molecule has 0 aromatic carbocycles. The molecule has 3 aromatic heterocycles. The van der Waals surface area contributed by atoms with Crippen molar-refractivity contribution in [1.82, 2.24) is 19.1 Å². The predicted molar refractivity (Wildman–Crippen MR) is 72.4 cm³/mol. The molecule has 0 radical (unpaired) electrons. The lowest BCUT2D eigenvalue weighted by Gasteiger charge is -2.13.